The minimum absolute atomic E-state index is 0.0546. The van der Waals surface area contributed by atoms with Crippen LogP contribution in [0.25, 0.3) is 0 Å². The standard InChI is InChI=1S/C16H24N4O2S/c1-2-13-11-23-15(18-13)12-5-3-7-19(9-12)14(21)10-20-8-4-6-17-16(20)22/h11-12H,2-10H2,1H3,(H,17,22)/t12-/m1/s1. The Bertz CT molecular complexity index is 574. The summed E-state index contributed by atoms with van der Waals surface area (Å²) in [6, 6.07) is -0.120. The average Bonchev–Trinajstić information content (AvgIpc) is 3.06. The van der Waals surface area contributed by atoms with Gasteiger partial charge in [-0.3, -0.25) is 4.79 Å². The predicted molar refractivity (Wildman–Crippen MR) is 89.6 cm³/mol. The van der Waals surface area contributed by atoms with Crippen LogP contribution in [0.5, 0.6) is 0 Å². The molecule has 7 heteroatoms. The van der Waals surface area contributed by atoms with Gasteiger partial charge in [0.1, 0.15) is 6.54 Å². The topological polar surface area (TPSA) is 65.5 Å². The van der Waals surface area contributed by atoms with Crippen LogP contribution in [-0.2, 0) is 11.2 Å². The molecular formula is C16H24N4O2S. The maximum Gasteiger partial charge on any atom is 0.317 e. The SMILES string of the molecule is CCc1csc([C@@H]2CCCN(C(=O)CN3CCCNC3=O)C2)n1. The van der Waals surface area contributed by atoms with Crippen molar-refractivity contribution in [3.05, 3.63) is 16.1 Å². The van der Waals surface area contributed by atoms with Crippen molar-refractivity contribution >= 4 is 23.3 Å². The number of carbonyl (C=O) groups excluding carboxylic acids is 2. The molecule has 3 heterocycles. The zero-order chi connectivity index (χ0) is 16.2. The highest BCUT2D eigenvalue weighted by atomic mass is 32.1. The fourth-order valence-corrected chi connectivity index (χ4v) is 4.20. The lowest BCUT2D eigenvalue weighted by Crippen LogP contribution is -2.51. The zero-order valence-electron chi connectivity index (χ0n) is 13.6. The van der Waals surface area contributed by atoms with Crippen molar-refractivity contribution in [3.8, 4) is 0 Å². The number of aromatic nitrogens is 1. The van der Waals surface area contributed by atoms with Crippen LogP contribution in [0.15, 0.2) is 5.38 Å². The number of amides is 3. The molecule has 6 nitrogen and oxygen atoms in total. The lowest BCUT2D eigenvalue weighted by Gasteiger charge is -2.34. The number of thiazole rings is 1. The van der Waals surface area contributed by atoms with Crippen LogP contribution >= 0.6 is 11.3 Å². The highest BCUT2D eigenvalue weighted by Crippen LogP contribution is 2.29. The first-order valence-electron chi connectivity index (χ1n) is 8.42. The third-order valence-electron chi connectivity index (χ3n) is 4.55. The van der Waals surface area contributed by atoms with Crippen LogP contribution in [0.4, 0.5) is 4.79 Å². The van der Waals surface area contributed by atoms with E-state index in [9.17, 15) is 9.59 Å². The molecule has 2 saturated heterocycles. The fourth-order valence-electron chi connectivity index (χ4n) is 3.17. The molecule has 0 spiro atoms. The van der Waals surface area contributed by atoms with Crippen molar-refractivity contribution in [2.24, 2.45) is 0 Å². The van der Waals surface area contributed by atoms with Gasteiger partial charge < -0.3 is 15.1 Å². The summed E-state index contributed by atoms with van der Waals surface area (Å²) in [5, 5.41) is 6.06. The van der Waals surface area contributed by atoms with Crippen LogP contribution in [0, 0.1) is 0 Å². The fraction of sp³-hybridized carbons (Fsp3) is 0.688. The second kappa shape index (κ2) is 7.29. The summed E-state index contributed by atoms with van der Waals surface area (Å²) >= 11 is 1.71. The molecule has 1 aromatic rings. The van der Waals surface area contributed by atoms with E-state index < -0.39 is 0 Å². The highest BCUT2D eigenvalue weighted by molar-refractivity contribution is 7.09. The number of hydrogen-bond acceptors (Lipinski definition) is 4. The van der Waals surface area contributed by atoms with Crippen molar-refractivity contribution < 1.29 is 9.59 Å². The summed E-state index contributed by atoms with van der Waals surface area (Å²) < 4.78 is 0. The normalized spacial score (nSPS) is 22.1. The molecule has 2 aliphatic heterocycles. The van der Waals surface area contributed by atoms with Gasteiger partial charge >= 0.3 is 6.03 Å². The first-order chi connectivity index (χ1) is 11.2. The maximum absolute atomic E-state index is 12.5. The molecular weight excluding hydrogens is 312 g/mol. The first-order valence-corrected chi connectivity index (χ1v) is 9.30. The molecule has 0 bridgehead atoms. The molecule has 2 aliphatic rings. The van der Waals surface area contributed by atoms with E-state index in [0.29, 0.717) is 19.0 Å². The molecule has 126 valence electrons. The summed E-state index contributed by atoms with van der Waals surface area (Å²) in [4.78, 5) is 32.5. The third-order valence-corrected chi connectivity index (χ3v) is 5.61. The Labute approximate surface area is 140 Å². The van der Waals surface area contributed by atoms with Gasteiger partial charge in [0.2, 0.25) is 5.91 Å². The van der Waals surface area contributed by atoms with Crippen molar-refractivity contribution in [2.75, 3.05) is 32.7 Å². The van der Waals surface area contributed by atoms with Crippen molar-refractivity contribution in [2.45, 2.75) is 38.5 Å². The molecule has 1 atom stereocenters. The largest absolute Gasteiger partial charge is 0.340 e. The van der Waals surface area contributed by atoms with Gasteiger partial charge in [0.05, 0.1) is 10.7 Å². The number of aryl methyl sites for hydroxylation is 1. The number of carbonyl (C=O) groups is 2. The summed E-state index contributed by atoms with van der Waals surface area (Å²) in [6.07, 6.45) is 3.95. The third kappa shape index (κ3) is 3.83. The Morgan fingerprint density at radius 2 is 2.30 bits per heavy atom. The maximum atomic E-state index is 12.5. The van der Waals surface area contributed by atoms with Crippen LogP contribution in [0.1, 0.15) is 42.8 Å². The quantitative estimate of drug-likeness (QED) is 0.912. The Kier molecular flexibility index (Phi) is 5.15. The Morgan fingerprint density at radius 3 is 3.04 bits per heavy atom. The van der Waals surface area contributed by atoms with Gasteiger partial charge in [-0.05, 0) is 25.7 Å². The lowest BCUT2D eigenvalue weighted by molar-refractivity contribution is -0.133. The Hall–Kier alpha value is -1.63. The van der Waals surface area contributed by atoms with Crippen molar-refractivity contribution in [1.29, 1.82) is 0 Å². The predicted octanol–water partition coefficient (Wildman–Crippen LogP) is 1.83. The summed E-state index contributed by atoms with van der Waals surface area (Å²) in [5.41, 5.74) is 1.14. The Morgan fingerprint density at radius 1 is 1.43 bits per heavy atom. The average molecular weight is 336 g/mol. The van der Waals surface area contributed by atoms with E-state index in [4.69, 9.17) is 0 Å². The van der Waals surface area contributed by atoms with Crippen LogP contribution < -0.4 is 5.32 Å². The van der Waals surface area contributed by atoms with E-state index >= 15 is 0 Å². The number of urea groups is 1. The molecule has 3 amide bonds. The van der Waals surface area contributed by atoms with E-state index in [2.05, 4.69) is 22.6 Å². The van der Waals surface area contributed by atoms with Gasteiger partial charge in [0.15, 0.2) is 0 Å². The number of likely N-dealkylation sites (tertiary alicyclic amines) is 1. The number of piperidine rings is 1. The van der Waals surface area contributed by atoms with E-state index in [-0.39, 0.29) is 18.5 Å². The smallest absolute Gasteiger partial charge is 0.317 e. The molecule has 1 aromatic heterocycles. The lowest BCUT2D eigenvalue weighted by atomic mass is 9.98. The van der Waals surface area contributed by atoms with Crippen LogP contribution in [0.3, 0.4) is 0 Å². The van der Waals surface area contributed by atoms with Gasteiger partial charge in [0.25, 0.3) is 0 Å². The molecule has 2 fully saturated rings. The molecule has 3 rings (SSSR count). The van der Waals surface area contributed by atoms with Crippen molar-refractivity contribution in [3.63, 3.8) is 0 Å². The summed E-state index contributed by atoms with van der Waals surface area (Å²) in [6.45, 7) is 5.19. The van der Waals surface area contributed by atoms with E-state index in [0.717, 1.165) is 49.5 Å². The summed E-state index contributed by atoms with van der Waals surface area (Å²) in [5.74, 6) is 0.396. The van der Waals surface area contributed by atoms with Gasteiger partial charge in [-0.15, -0.1) is 11.3 Å². The second-order valence-electron chi connectivity index (χ2n) is 6.22. The van der Waals surface area contributed by atoms with Gasteiger partial charge in [0, 0.05) is 37.5 Å². The molecule has 0 aliphatic carbocycles. The number of nitrogens with one attached hydrogen (secondary N) is 1. The second-order valence-corrected chi connectivity index (χ2v) is 7.11. The number of rotatable bonds is 4. The van der Waals surface area contributed by atoms with Gasteiger partial charge in [-0.25, -0.2) is 9.78 Å². The zero-order valence-corrected chi connectivity index (χ0v) is 14.4. The number of nitrogens with zero attached hydrogens (tertiary/aromatic N) is 3. The van der Waals surface area contributed by atoms with E-state index in [1.54, 1.807) is 16.2 Å². The van der Waals surface area contributed by atoms with Crippen LogP contribution in [-0.4, -0.2) is 59.4 Å². The molecule has 0 aromatic carbocycles. The van der Waals surface area contributed by atoms with Gasteiger partial charge in [-0.2, -0.15) is 0 Å². The molecule has 0 saturated carbocycles. The minimum atomic E-state index is -0.120. The molecule has 0 radical (unpaired) electrons. The monoisotopic (exact) mass is 336 g/mol. The van der Waals surface area contributed by atoms with Crippen LogP contribution in [0.2, 0.25) is 0 Å². The van der Waals surface area contributed by atoms with Crippen molar-refractivity contribution in [1.82, 2.24) is 20.1 Å². The molecule has 0 unspecified atom stereocenters. The van der Waals surface area contributed by atoms with Gasteiger partial charge in [-0.1, -0.05) is 6.92 Å². The minimum Gasteiger partial charge on any atom is -0.340 e. The summed E-state index contributed by atoms with van der Waals surface area (Å²) in [7, 11) is 0. The Balaban J connectivity index is 1.59. The molecule has 23 heavy (non-hydrogen) atoms. The highest BCUT2D eigenvalue weighted by Gasteiger charge is 2.29. The number of hydrogen-bond donors (Lipinski definition) is 1. The van der Waals surface area contributed by atoms with E-state index in [1.165, 1.54) is 0 Å². The van der Waals surface area contributed by atoms with E-state index in [1.807, 2.05) is 4.90 Å². The first kappa shape index (κ1) is 16.2. The molecule has 1 N–H and O–H groups in total.